The summed E-state index contributed by atoms with van der Waals surface area (Å²) < 4.78 is 33.1. The molecule has 0 aliphatic heterocycles. The third-order valence-electron chi connectivity index (χ3n) is 4.08. The van der Waals surface area contributed by atoms with Crippen molar-refractivity contribution in [1.29, 1.82) is 5.26 Å². The highest BCUT2D eigenvalue weighted by atomic mass is 32.2. The van der Waals surface area contributed by atoms with Gasteiger partial charge in [0.1, 0.15) is 5.76 Å². The third kappa shape index (κ3) is 3.63. The van der Waals surface area contributed by atoms with Crippen LogP contribution in [0.15, 0.2) is 64.1 Å². The summed E-state index contributed by atoms with van der Waals surface area (Å²) >= 11 is 0. The summed E-state index contributed by atoms with van der Waals surface area (Å²) in [5.41, 5.74) is 3.61. The standard InChI is InChI=1S/C20H18N2O3S/c1-3-18-10-11-20(25-18)26(23,24)22-19-12-17(7-4-14(19)2)16-8-5-15(13-21)6-9-16/h4-12,22H,3H2,1-2H3. The Kier molecular flexibility index (Phi) is 4.83. The topological polar surface area (TPSA) is 83.1 Å². The third-order valence-corrected chi connectivity index (χ3v) is 5.32. The van der Waals surface area contributed by atoms with Gasteiger partial charge in [-0.1, -0.05) is 31.2 Å². The second kappa shape index (κ2) is 7.06. The van der Waals surface area contributed by atoms with Gasteiger partial charge in [-0.3, -0.25) is 4.72 Å². The Bertz CT molecular complexity index is 1070. The summed E-state index contributed by atoms with van der Waals surface area (Å²) in [7, 11) is -3.79. The van der Waals surface area contributed by atoms with Crippen molar-refractivity contribution in [3.63, 3.8) is 0 Å². The van der Waals surface area contributed by atoms with E-state index in [1.807, 2.05) is 38.1 Å². The number of benzene rings is 2. The molecule has 0 aliphatic carbocycles. The maximum absolute atomic E-state index is 12.6. The van der Waals surface area contributed by atoms with Crippen LogP contribution in [-0.4, -0.2) is 8.42 Å². The van der Waals surface area contributed by atoms with Crippen molar-refractivity contribution in [2.24, 2.45) is 0 Å². The van der Waals surface area contributed by atoms with Crippen LogP contribution in [0.5, 0.6) is 0 Å². The van der Waals surface area contributed by atoms with Crippen LogP contribution < -0.4 is 4.72 Å². The Morgan fingerprint density at radius 2 is 1.73 bits per heavy atom. The van der Waals surface area contributed by atoms with Crippen LogP contribution in [0.1, 0.15) is 23.8 Å². The lowest BCUT2D eigenvalue weighted by molar-refractivity contribution is 0.419. The molecule has 1 heterocycles. The van der Waals surface area contributed by atoms with E-state index in [9.17, 15) is 8.42 Å². The quantitative estimate of drug-likeness (QED) is 0.721. The van der Waals surface area contributed by atoms with E-state index in [0.717, 1.165) is 16.7 Å². The first-order valence-corrected chi connectivity index (χ1v) is 9.64. The average molecular weight is 366 g/mol. The zero-order valence-corrected chi connectivity index (χ0v) is 15.3. The number of furan rings is 1. The predicted octanol–water partition coefficient (Wildman–Crippen LogP) is 4.49. The number of nitrogens with zero attached hydrogens (tertiary/aromatic N) is 1. The summed E-state index contributed by atoms with van der Waals surface area (Å²) in [5.74, 6) is 0.619. The lowest BCUT2D eigenvalue weighted by Crippen LogP contribution is -2.13. The van der Waals surface area contributed by atoms with Crippen LogP contribution in [0.4, 0.5) is 5.69 Å². The van der Waals surface area contributed by atoms with Gasteiger partial charge >= 0.3 is 0 Å². The Morgan fingerprint density at radius 3 is 2.35 bits per heavy atom. The predicted molar refractivity (Wildman–Crippen MR) is 100 cm³/mol. The number of nitriles is 1. The molecule has 0 radical (unpaired) electrons. The van der Waals surface area contributed by atoms with E-state index in [1.54, 1.807) is 24.3 Å². The normalized spacial score (nSPS) is 11.1. The molecule has 0 fully saturated rings. The van der Waals surface area contributed by atoms with E-state index in [2.05, 4.69) is 10.8 Å². The maximum atomic E-state index is 12.6. The minimum atomic E-state index is -3.79. The van der Waals surface area contributed by atoms with Gasteiger partial charge in [0.2, 0.25) is 5.09 Å². The maximum Gasteiger partial charge on any atom is 0.295 e. The highest BCUT2D eigenvalue weighted by molar-refractivity contribution is 7.92. The van der Waals surface area contributed by atoms with Crippen LogP contribution >= 0.6 is 0 Å². The highest BCUT2D eigenvalue weighted by Gasteiger charge is 2.19. The Balaban J connectivity index is 1.93. The fraction of sp³-hybridized carbons (Fsp3) is 0.150. The van der Waals surface area contributed by atoms with Gasteiger partial charge in [0, 0.05) is 6.42 Å². The van der Waals surface area contributed by atoms with Crippen molar-refractivity contribution in [3.8, 4) is 17.2 Å². The summed E-state index contributed by atoms with van der Waals surface area (Å²) in [6, 6.07) is 17.9. The first kappa shape index (κ1) is 17.8. The molecule has 0 saturated carbocycles. The second-order valence-corrected chi connectivity index (χ2v) is 7.51. The molecule has 0 spiro atoms. The molecule has 3 rings (SSSR count). The minimum Gasteiger partial charge on any atom is -0.448 e. The Morgan fingerprint density at radius 1 is 1.04 bits per heavy atom. The van der Waals surface area contributed by atoms with E-state index in [0.29, 0.717) is 23.4 Å². The SMILES string of the molecule is CCc1ccc(S(=O)(=O)Nc2cc(-c3ccc(C#N)cc3)ccc2C)o1. The van der Waals surface area contributed by atoms with Gasteiger partial charge in [0.25, 0.3) is 10.0 Å². The molecule has 5 nitrogen and oxygen atoms in total. The molecule has 0 saturated heterocycles. The van der Waals surface area contributed by atoms with Crippen molar-refractivity contribution in [2.45, 2.75) is 25.4 Å². The van der Waals surface area contributed by atoms with Gasteiger partial charge in [0.15, 0.2) is 0 Å². The average Bonchev–Trinajstić information content (AvgIpc) is 3.14. The van der Waals surface area contributed by atoms with Gasteiger partial charge in [-0.25, -0.2) is 0 Å². The summed E-state index contributed by atoms with van der Waals surface area (Å²) in [5, 5.41) is 8.80. The molecule has 26 heavy (non-hydrogen) atoms. The molecular weight excluding hydrogens is 348 g/mol. The van der Waals surface area contributed by atoms with Gasteiger partial charge in [-0.15, -0.1) is 0 Å². The molecule has 0 aliphatic rings. The molecule has 0 atom stereocenters. The van der Waals surface area contributed by atoms with Crippen LogP contribution in [0.3, 0.4) is 0 Å². The van der Waals surface area contributed by atoms with E-state index in [1.165, 1.54) is 6.07 Å². The molecule has 0 amide bonds. The molecule has 6 heteroatoms. The molecule has 0 unspecified atom stereocenters. The largest absolute Gasteiger partial charge is 0.448 e. The second-order valence-electron chi connectivity index (χ2n) is 5.90. The molecule has 0 bridgehead atoms. The van der Waals surface area contributed by atoms with Crippen molar-refractivity contribution in [1.82, 2.24) is 0 Å². The number of hydrogen-bond donors (Lipinski definition) is 1. The van der Waals surface area contributed by atoms with Crippen molar-refractivity contribution in [3.05, 3.63) is 71.5 Å². The lowest BCUT2D eigenvalue weighted by Gasteiger charge is -2.11. The smallest absolute Gasteiger partial charge is 0.295 e. The Hall–Kier alpha value is -3.04. The summed E-state index contributed by atoms with van der Waals surface area (Å²) in [6.45, 7) is 3.73. The minimum absolute atomic E-state index is 0.0995. The van der Waals surface area contributed by atoms with Crippen LogP contribution in [-0.2, 0) is 16.4 Å². The van der Waals surface area contributed by atoms with E-state index >= 15 is 0 Å². The van der Waals surface area contributed by atoms with Gasteiger partial charge in [0.05, 0.1) is 17.3 Å². The van der Waals surface area contributed by atoms with Crippen LogP contribution in [0.25, 0.3) is 11.1 Å². The summed E-state index contributed by atoms with van der Waals surface area (Å²) in [4.78, 5) is 0. The van der Waals surface area contributed by atoms with Gasteiger partial charge < -0.3 is 4.42 Å². The lowest BCUT2D eigenvalue weighted by atomic mass is 10.0. The zero-order chi connectivity index (χ0) is 18.7. The number of anilines is 1. The van der Waals surface area contributed by atoms with Crippen molar-refractivity contribution < 1.29 is 12.8 Å². The fourth-order valence-corrected chi connectivity index (χ4v) is 3.61. The first-order valence-electron chi connectivity index (χ1n) is 8.15. The van der Waals surface area contributed by atoms with E-state index in [4.69, 9.17) is 9.68 Å². The van der Waals surface area contributed by atoms with E-state index < -0.39 is 10.0 Å². The molecular formula is C20H18N2O3S. The molecule has 1 N–H and O–H groups in total. The van der Waals surface area contributed by atoms with Crippen LogP contribution in [0, 0.1) is 18.3 Å². The number of sulfonamides is 1. The molecule has 1 aromatic heterocycles. The monoisotopic (exact) mass is 366 g/mol. The summed E-state index contributed by atoms with van der Waals surface area (Å²) in [6.07, 6.45) is 0.628. The molecule has 2 aromatic carbocycles. The zero-order valence-electron chi connectivity index (χ0n) is 14.5. The van der Waals surface area contributed by atoms with Crippen molar-refractivity contribution in [2.75, 3.05) is 4.72 Å². The number of hydrogen-bond acceptors (Lipinski definition) is 4. The number of rotatable bonds is 5. The first-order chi connectivity index (χ1) is 12.4. The highest BCUT2D eigenvalue weighted by Crippen LogP contribution is 2.28. The fourth-order valence-electron chi connectivity index (χ4n) is 2.54. The van der Waals surface area contributed by atoms with E-state index in [-0.39, 0.29) is 5.09 Å². The number of nitrogens with one attached hydrogen (secondary N) is 1. The Labute approximate surface area is 153 Å². The van der Waals surface area contributed by atoms with Gasteiger partial charge in [-0.2, -0.15) is 13.7 Å². The van der Waals surface area contributed by atoms with Crippen LogP contribution in [0.2, 0.25) is 0 Å². The molecule has 132 valence electrons. The molecule has 3 aromatic rings. The van der Waals surface area contributed by atoms with Gasteiger partial charge in [-0.05, 0) is 53.9 Å². The number of aryl methyl sites for hydroxylation is 2. The van der Waals surface area contributed by atoms with Crippen molar-refractivity contribution >= 4 is 15.7 Å².